The maximum atomic E-state index is 13.0. The lowest BCUT2D eigenvalue weighted by atomic mass is 10.1. The SMILES string of the molecule is CCCCNc1ccc(C(=O)OCCOCCOC(=O)c2ccccc2Nc2cccc(C(F)(F)F)c2)cc1. The Morgan fingerprint density at radius 2 is 1.49 bits per heavy atom. The zero-order valence-electron chi connectivity index (χ0n) is 21.6. The van der Waals surface area contributed by atoms with Crippen molar-refractivity contribution in [1.82, 2.24) is 0 Å². The van der Waals surface area contributed by atoms with Gasteiger partial charge in [-0.05, 0) is 61.0 Å². The first kappa shape index (κ1) is 29.5. The zero-order valence-corrected chi connectivity index (χ0v) is 21.6. The van der Waals surface area contributed by atoms with Gasteiger partial charge in [0.05, 0.1) is 35.6 Å². The summed E-state index contributed by atoms with van der Waals surface area (Å²) >= 11 is 0. The first-order valence-electron chi connectivity index (χ1n) is 12.6. The summed E-state index contributed by atoms with van der Waals surface area (Å²) in [6.07, 6.45) is -2.32. The lowest BCUT2D eigenvalue weighted by Crippen LogP contribution is -2.15. The van der Waals surface area contributed by atoms with Gasteiger partial charge in [-0.2, -0.15) is 13.2 Å². The van der Waals surface area contributed by atoms with Gasteiger partial charge in [0.15, 0.2) is 0 Å². The summed E-state index contributed by atoms with van der Waals surface area (Å²) in [5.41, 5.74) is 1.22. The van der Waals surface area contributed by atoms with Crippen LogP contribution in [0.2, 0.25) is 0 Å². The molecule has 0 atom stereocenters. The Kier molecular flexibility index (Phi) is 11.2. The van der Waals surface area contributed by atoms with Crippen LogP contribution in [0, 0.1) is 0 Å². The highest BCUT2D eigenvalue weighted by atomic mass is 19.4. The van der Waals surface area contributed by atoms with Gasteiger partial charge in [0.25, 0.3) is 0 Å². The van der Waals surface area contributed by atoms with Gasteiger partial charge >= 0.3 is 18.1 Å². The average Bonchev–Trinajstić information content (AvgIpc) is 2.93. The van der Waals surface area contributed by atoms with Crippen LogP contribution in [-0.2, 0) is 20.4 Å². The minimum atomic E-state index is -4.48. The van der Waals surface area contributed by atoms with Gasteiger partial charge in [-0.15, -0.1) is 0 Å². The number of ether oxygens (including phenoxy) is 3. The molecule has 0 aliphatic heterocycles. The third kappa shape index (κ3) is 9.64. The number of nitrogens with one attached hydrogen (secondary N) is 2. The Morgan fingerprint density at radius 3 is 2.18 bits per heavy atom. The molecule has 10 heteroatoms. The first-order valence-corrected chi connectivity index (χ1v) is 12.6. The molecule has 3 rings (SSSR count). The van der Waals surface area contributed by atoms with Crippen LogP contribution in [0.15, 0.2) is 72.8 Å². The molecule has 2 N–H and O–H groups in total. The van der Waals surface area contributed by atoms with Gasteiger partial charge in [0.2, 0.25) is 0 Å². The largest absolute Gasteiger partial charge is 0.460 e. The molecular formula is C29H31F3N2O5. The number of carbonyl (C=O) groups is 2. The van der Waals surface area contributed by atoms with Gasteiger partial charge in [-0.1, -0.05) is 31.5 Å². The second kappa shape index (κ2) is 14.8. The molecule has 0 aliphatic rings. The third-order valence-electron chi connectivity index (χ3n) is 5.52. The van der Waals surface area contributed by atoms with E-state index >= 15 is 0 Å². The lowest BCUT2D eigenvalue weighted by Gasteiger charge is -2.13. The number of anilines is 3. The summed E-state index contributed by atoms with van der Waals surface area (Å²) < 4.78 is 54.8. The maximum Gasteiger partial charge on any atom is 0.416 e. The van der Waals surface area contributed by atoms with Crippen LogP contribution in [0.1, 0.15) is 46.0 Å². The van der Waals surface area contributed by atoms with E-state index in [1.54, 1.807) is 30.3 Å². The van der Waals surface area contributed by atoms with E-state index in [9.17, 15) is 22.8 Å². The number of hydrogen-bond donors (Lipinski definition) is 2. The number of rotatable bonds is 14. The molecule has 39 heavy (non-hydrogen) atoms. The molecule has 0 spiro atoms. The minimum absolute atomic E-state index is 0.0347. The van der Waals surface area contributed by atoms with E-state index in [4.69, 9.17) is 14.2 Å². The summed E-state index contributed by atoms with van der Waals surface area (Å²) in [6, 6.07) is 18.1. The Bertz CT molecular complexity index is 1220. The molecule has 3 aromatic rings. The van der Waals surface area contributed by atoms with E-state index in [1.807, 2.05) is 12.1 Å². The molecule has 7 nitrogen and oxygen atoms in total. The summed E-state index contributed by atoms with van der Waals surface area (Å²) in [6.45, 7) is 3.16. The van der Waals surface area contributed by atoms with Gasteiger partial charge in [0, 0.05) is 17.9 Å². The summed E-state index contributed by atoms with van der Waals surface area (Å²) in [5, 5.41) is 6.11. The normalized spacial score (nSPS) is 11.1. The van der Waals surface area contributed by atoms with Crippen molar-refractivity contribution in [2.24, 2.45) is 0 Å². The van der Waals surface area contributed by atoms with Crippen LogP contribution in [0.25, 0.3) is 0 Å². The molecule has 0 bridgehead atoms. The summed E-state index contributed by atoms with van der Waals surface area (Å²) in [5.74, 6) is -1.12. The molecule has 0 amide bonds. The second-order valence-corrected chi connectivity index (χ2v) is 8.49. The molecule has 0 unspecified atom stereocenters. The van der Waals surface area contributed by atoms with Crippen molar-refractivity contribution in [3.63, 3.8) is 0 Å². The third-order valence-corrected chi connectivity index (χ3v) is 5.52. The van der Waals surface area contributed by atoms with Crippen LogP contribution < -0.4 is 10.6 Å². The topological polar surface area (TPSA) is 85.9 Å². The molecule has 3 aromatic carbocycles. The number of para-hydroxylation sites is 1. The number of hydrogen-bond acceptors (Lipinski definition) is 7. The first-order chi connectivity index (χ1) is 18.8. The fraction of sp³-hybridized carbons (Fsp3) is 0.310. The van der Waals surface area contributed by atoms with Crippen LogP contribution in [0.5, 0.6) is 0 Å². The fourth-order valence-electron chi connectivity index (χ4n) is 3.48. The van der Waals surface area contributed by atoms with Crippen molar-refractivity contribution < 1.29 is 37.0 Å². The van der Waals surface area contributed by atoms with E-state index in [0.29, 0.717) is 11.3 Å². The molecule has 0 heterocycles. The van der Waals surface area contributed by atoms with Gasteiger partial charge < -0.3 is 24.8 Å². The van der Waals surface area contributed by atoms with Crippen molar-refractivity contribution in [1.29, 1.82) is 0 Å². The van der Waals surface area contributed by atoms with E-state index in [0.717, 1.165) is 37.2 Å². The Labute approximate surface area is 225 Å². The van der Waals surface area contributed by atoms with Crippen molar-refractivity contribution in [3.05, 3.63) is 89.5 Å². The lowest BCUT2D eigenvalue weighted by molar-refractivity contribution is -0.137. The molecule has 0 aliphatic carbocycles. The zero-order chi connectivity index (χ0) is 28.1. The standard InChI is InChI=1S/C29H31F3N2O5/c1-2-3-15-33-23-13-11-21(12-14-23)27(35)38-18-16-37-17-19-39-28(36)25-9-4-5-10-26(25)34-24-8-6-7-22(20-24)29(30,31)32/h4-14,20,33-34H,2-3,15-19H2,1H3. The molecule has 0 fully saturated rings. The molecule has 208 valence electrons. The highest BCUT2D eigenvalue weighted by molar-refractivity contribution is 5.96. The Hall–Kier alpha value is -4.05. The van der Waals surface area contributed by atoms with E-state index in [2.05, 4.69) is 17.6 Å². The molecule has 0 saturated carbocycles. The minimum Gasteiger partial charge on any atom is -0.460 e. The average molecular weight is 545 g/mol. The second-order valence-electron chi connectivity index (χ2n) is 8.49. The highest BCUT2D eigenvalue weighted by Crippen LogP contribution is 2.32. The number of benzene rings is 3. The van der Waals surface area contributed by atoms with Crippen LogP contribution in [0.4, 0.5) is 30.2 Å². The number of alkyl halides is 3. The van der Waals surface area contributed by atoms with E-state index < -0.39 is 23.7 Å². The van der Waals surface area contributed by atoms with E-state index in [-0.39, 0.29) is 37.7 Å². The Morgan fingerprint density at radius 1 is 0.795 bits per heavy atom. The van der Waals surface area contributed by atoms with Crippen molar-refractivity contribution in [3.8, 4) is 0 Å². The van der Waals surface area contributed by atoms with Gasteiger partial charge in [0.1, 0.15) is 13.2 Å². The van der Waals surface area contributed by atoms with Crippen molar-refractivity contribution in [2.45, 2.75) is 25.9 Å². The number of esters is 2. The number of halogens is 3. The number of unbranched alkanes of at least 4 members (excludes halogenated alkanes) is 1. The molecule has 0 saturated heterocycles. The van der Waals surface area contributed by atoms with Crippen molar-refractivity contribution in [2.75, 3.05) is 43.6 Å². The monoisotopic (exact) mass is 544 g/mol. The van der Waals surface area contributed by atoms with Crippen LogP contribution in [-0.4, -0.2) is 44.9 Å². The molecule has 0 aromatic heterocycles. The number of carbonyl (C=O) groups excluding carboxylic acids is 2. The fourth-order valence-corrected chi connectivity index (χ4v) is 3.48. The molecule has 0 radical (unpaired) electrons. The smallest absolute Gasteiger partial charge is 0.416 e. The van der Waals surface area contributed by atoms with Crippen LogP contribution in [0.3, 0.4) is 0 Å². The summed E-state index contributed by atoms with van der Waals surface area (Å²) in [7, 11) is 0. The maximum absolute atomic E-state index is 13.0. The Balaban J connectivity index is 1.38. The van der Waals surface area contributed by atoms with Crippen molar-refractivity contribution >= 4 is 29.0 Å². The molecular weight excluding hydrogens is 513 g/mol. The van der Waals surface area contributed by atoms with Gasteiger partial charge in [-0.3, -0.25) is 0 Å². The van der Waals surface area contributed by atoms with E-state index in [1.165, 1.54) is 18.2 Å². The van der Waals surface area contributed by atoms with Crippen LogP contribution >= 0.6 is 0 Å². The predicted octanol–water partition coefficient (Wildman–Crippen LogP) is 6.69. The predicted molar refractivity (Wildman–Crippen MR) is 142 cm³/mol. The highest BCUT2D eigenvalue weighted by Gasteiger charge is 2.30. The van der Waals surface area contributed by atoms with Gasteiger partial charge in [-0.25, -0.2) is 9.59 Å². The quantitative estimate of drug-likeness (QED) is 0.173. The summed E-state index contributed by atoms with van der Waals surface area (Å²) in [4.78, 5) is 24.7.